The second kappa shape index (κ2) is 10.4. The molecule has 50 heavy (non-hydrogen) atoms. The third-order valence-electron chi connectivity index (χ3n) is 10.2. The van der Waals surface area contributed by atoms with Crippen LogP contribution in [0.25, 0.3) is 105 Å². The lowest BCUT2D eigenvalue weighted by atomic mass is 10.00. The fraction of sp³-hybridized carbons (Fsp3) is 0. The summed E-state index contributed by atoms with van der Waals surface area (Å²) < 4.78 is 8.83. The van der Waals surface area contributed by atoms with Crippen LogP contribution >= 0.6 is 0 Å². The fourth-order valence-electron chi connectivity index (χ4n) is 7.76. The van der Waals surface area contributed by atoms with E-state index in [0.29, 0.717) is 5.82 Å². The number of para-hydroxylation sites is 3. The molecule has 4 heteroatoms. The van der Waals surface area contributed by atoms with Crippen LogP contribution in [0.1, 0.15) is 0 Å². The van der Waals surface area contributed by atoms with Crippen molar-refractivity contribution in [3.63, 3.8) is 0 Å². The Morgan fingerprint density at radius 3 is 1.98 bits per heavy atom. The van der Waals surface area contributed by atoms with Gasteiger partial charge < -0.3 is 4.42 Å². The van der Waals surface area contributed by atoms with Crippen molar-refractivity contribution in [1.29, 1.82) is 0 Å². The Hall–Kier alpha value is -6.78. The van der Waals surface area contributed by atoms with Gasteiger partial charge in [-0.25, -0.2) is 9.97 Å². The first-order valence-corrected chi connectivity index (χ1v) is 16.9. The van der Waals surface area contributed by atoms with E-state index in [1.165, 1.54) is 32.3 Å². The Kier molecular flexibility index (Phi) is 5.63. The molecule has 4 nitrogen and oxygen atoms in total. The smallest absolute Gasteiger partial charge is 0.165 e. The van der Waals surface area contributed by atoms with Crippen LogP contribution in [-0.4, -0.2) is 14.5 Å². The molecule has 11 rings (SSSR count). The van der Waals surface area contributed by atoms with Crippen molar-refractivity contribution in [2.45, 2.75) is 0 Å². The molecule has 0 unspecified atom stereocenters. The summed E-state index contributed by atoms with van der Waals surface area (Å²) >= 11 is 0. The summed E-state index contributed by atoms with van der Waals surface area (Å²) in [6.45, 7) is 0. The molecule has 0 aliphatic heterocycles. The van der Waals surface area contributed by atoms with Gasteiger partial charge in [0.2, 0.25) is 0 Å². The Bertz CT molecular complexity index is 3170. The Morgan fingerprint density at radius 2 is 1.10 bits per heavy atom. The Labute approximate surface area is 286 Å². The van der Waals surface area contributed by atoms with Crippen molar-refractivity contribution in [2.24, 2.45) is 0 Å². The van der Waals surface area contributed by atoms with E-state index in [4.69, 9.17) is 14.4 Å². The number of hydrogen-bond donors (Lipinski definition) is 0. The second-order valence-electron chi connectivity index (χ2n) is 13.0. The van der Waals surface area contributed by atoms with Gasteiger partial charge in [-0.3, -0.25) is 4.57 Å². The molecule has 0 aliphatic rings. The SMILES string of the molecule is c1ccc2cc(-c3ccc4c(-n5c6ccccc6c6cc7ccccc7cc65)nc(-c5cccc6c5oc5ccccc56)nc4c3)ccc2c1. The van der Waals surface area contributed by atoms with E-state index in [1.807, 2.05) is 12.1 Å². The highest BCUT2D eigenvalue weighted by Gasteiger charge is 2.21. The first-order valence-electron chi connectivity index (χ1n) is 16.9. The highest BCUT2D eigenvalue weighted by atomic mass is 16.3. The van der Waals surface area contributed by atoms with E-state index < -0.39 is 0 Å². The normalized spacial score (nSPS) is 12.0. The number of fused-ring (bicyclic) bond motifs is 9. The summed E-state index contributed by atoms with van der Waals surface area (Å²) in [7, 11) is 0. The number of nitrogens with zero attached hydrogens (tertiary/aromatic N) is 3. The van der Waals surface area contributed by atoms with Crippen molar-refractivity contribution in [2.75, 3.05) is 0 Å². The highest BCUT2D eigenvalue weighted by Crippen LogP contribution is 2.40. The molecule has 0 N–H and O–H groups in total. The van der Waals surface area contributed by atoms with Crippen LogP contribution in [0.5, 0.6) is 0 Å². The zero-order chi connectivity index (χ0) is 32.8. The van der Waals surface area contributed by atoms with Gasteiger partial charge in [-0.05, 0) is 81.2 Å². The molecule has 0 saturated heterocycles. The molecule has 8 aromatic carbocycles. The molecule has 0 atom stereocenters. The first kappa shape index (κ1) is 27.2. The molecule has 3 heterocycles. The minimum atomic E-state index is 0.625. The third-order valence-corrected chi connectivity index (χ3v) is 10.2. The number of hydrogen-bond acceptors (Lipinski definition) is 3. The van der Waals surface area contributed by atoms with Crippen molar-refractivity contribution < 1.29 is 4.42 Å². The molecule has 232 valence electrons. The molecule has 0 aliphatic carbocycles. The lowest BCUT2D eigenvalue weighted by Crippen LogP contribution is -2.03. The molecule has 0 fully saturated rings. The second-order valence-corrected chi connectivity index (χ2v) is 13.0. The van der Waals surface area contributed by atoms with Crippen molar-refractivity contribution in [1.82, 2.24) is 14.5 Å². The van der Waals surface area contributed by atoms with Gasteiger partial charge in [0.05, 0.1) is 22.1 Å². The molecule has 0 saturated carbocycles. The Balaban J connectivity index is 1.24. The number of rotatable bonds is 3. The monoisotopic (exact) mass is 637 g/mol. The van der Waals surface area contributed by atoms with Gasteiger partial charge in [-0.1, -0.05) is 115 Å². The minimum absolute atomic E-state index is 0.625. The maximum absolute atomic E-state index is 6.52. The third kappa shape index (κ3) is 3.99. The van der Waals surface area contributed by atoms with Gasteiger partial charge in [-0.2, -0.15) is 0 Å². The number of furan rings is 1. The maximum atomic E-state index is 6.52. The molecular weight excluding hydrogens is 611 g/mol. The van der Waals surface area contributed by atoms with E-state index in [2.05, 4.69) is 156 Å². The van der Waals surface area contributed by atoms with Gasteiger partial charge in [0, 0.05) is 26.9 Å². The van der Waals surface area contributed by atoms with Gasteiger partial charge in [0.25, 0.3) is 0 Å². The summed E-state index contributed by atoms with van der Waals surface area (Å²) in [6.07, 6.45) is 0. The molecule has 0 bridgehead atoms. The molecule has 3 aromatic heterocycles. The van der Waals surface area contributed by atoms with Gasteiger partial charge in [0.15, 0.2) is 5.82 Å². The van der Waals surface area contributed by atoms with E-state index in [-0.39, 0.29) is 0 Å². The fourth-order valence-corrected chi connectivity index (χ4v) is 7.76. The van der Waals surface area contributed by atoms with Crippen LogP contribution in [0.3, 0.4) is 0 Å². The van der Waals surface area contributed by atoms with E-state index in [9.17, 15) is 0 Å². The van der Waals surface area contributed by atoms with Crippen LogP contribution in [0.2, 0.25) is 0 Å². The predicted molar refractivity (Wildman–Crippen MR) is 207 cm³/mol. The van der Waals surface area contributed by atoms with Crippen LogP contribution in [0.4, 0.5) is 0 Å². The lowest BCUT2D eigenvalue weighted by molar-refractivity contribution is 0.669. The summed E-state index contributed by atoms with van der Waals surface area (Å²) in [4.78, 5) is 10.8. The van der Waals surface area contributed by atoms with Gasteiger partial charge in [0.1, 0.15) is 17.0 Å². The average molecular weight is 638 g/mol. The van der Waals surface area contributed by atoms with E-state index >= 15 is 0 Å². The quantitative estimate of drug-likeness (QED) is 0.194. The topological polar surface area (TPSA) is 43.9 Å². The summed E-state index contributed by atoms with van der Waals surface area (Å²) in [5.74, 6) is 1.46. The molecule has 0 amide bonds. The zero-order valence-electron chi connectivity index (χ0n) is 26.8. The largest absolute Gasteiger partial charge is 0.455 e. The summed E-state index contributed by atoms with van der Waals surface area (Å²) in [5.41, 5.74) is 7.84. The van der Waals surface area contributed by atoms with Crippen LogP contribution < -0.4 is 0 Å². The lowest BCUT2D eigenvalue weighted by Gasteiger charge is -2.14. The van der Waals surface area contributed by atoms with Crippen molar-refractivity contribution in [3.8, 4) is 28.3 Å². The molecule has 0 spiro atoms. The van der Waals surface area contributed by atoms with Gasteiger partial charge >= 0.3 is 0 Å². The maximum Gasteiger partial charge on any atom is 0.165 e. The predicted octanol–water partition coefficient (Wildman–Crippen LogP) is 12.3. The van der Waals surface area contributed by atoms with Crippen LogP contribution in [0.15, 0.2) is 168 Å². The summed E-state index contributed by atoms with van der Waals surface area (Å²) in [6, 6.07) is 57.9. The zero-order valence-corrected chi connectivity index (χ0v) is 26.8. The van der Waals surface area contributed by atoms with Crippen molar-refractivity contribution >= 4 is 76.2 Å². The van der Waals surface area contributed by atoms with Crippen LogP contribution in [0, 0.1) is 0 Å². The average Bonchev–Trinajstić information content (AvgIpc) is 3.71. The molecule has 11 aromatic rings. The standard InChI is InChI=1S/C46H27N3O/c1-2-11-29-24-32(21-20-28(29)10-1)33-22-23-37-40(26-33)47-45(38-17-9-16-36-35-15-6-8-19-43(35)50-44(36)38)48-46(37)49-41-18-7-5-14-34(41)39-25-30-12-3-4-13-31(30)27-42(39)49/h1-27H. The first-order chi connectivity index (χ1) is 24.8. The number of benzene rings is 8. The Morgan fingerprint density at radius 1 is 0.420 bits per heavy atom. The van der Waals surface area contributed by atoms with Crippen molar-refractivity contribution in [3.05, 3.63) is 164 Å². The molecular formula is C46H27N3O. The van der Waals surface area contributed by atoms with Gasteiger partial charge in [-0.15, -0.1) is 0 Å². The van der Waals surface area contributed by atoms with E-state index in [1.54, 1.807) is 0 Å². The number of aromatic nitrogens is 3. The minimum Gasteiger partial charge on any atom is -0.455 e. The van der Waals surface area contributed by atoms with Crippen LogP contribution in [-0.2, 0) is 0 Å². The van der Waals surface area contributed by atoms with E-state index in [0.717, 1.165) is 66.4 Å². The molecule has 0 radical (unpaired) electrons. The summed E-state index contributed by atoms with van der Waals surface area (Å²) in [5, 5.41) is 10.3. The highest BCUT2D eigenvalue weighted by molar-refractivity contribution is 6.15.